The summed E-state index contributed by atoms with van der Waals surface area (Å²) in [5, 5.41) is 3.08. The number of furan rings is 1. The van der Waals surface area contributed by atoms with E-state index in [1.165, 1.54) is 0 Å². The molecule has 0 aromatic carbocycles. The Labute approximate surface area is 81.9 Å². The van der Waals surface area contributed by atoms with Gasteiger partial charge in [0.15, 0.2) is 5.76 Å². The molecule has 0 aliphatic carbocycles. The second kappa shape index (κ2) is 3.67. The lowest BCUT2D eigenvalue weighted by Gasteiger charge is -2.03. The van der Waals surface area contributed by atoms with Crippen molar-refractivity contribution in [1.29, 1.82) is 0 Å². The Bertz CT molecular complexity index is 392. The number of hydrogen-bond acceptors (Lipinski definition) is 4. The van der Waals surface area contributed by atoms with Gasteiger partial charge in [-0.1, -0.05) is 0 Å². The van der Waals surface area contributed by atoms with Gasteiger partial charge in [0.2, 0.25) is 0 Å². The molecule has 1 N–H and O–H groups in total. The Balaban J connectivity index is 2.26. The molecule has 0 saturated carbocycles. The molecule has 0 fully saturated rings. The third kappa shape index (κ3) is 1.56. The summed E-state index contributed by atoms with van der Waals surface area (Å²) < 4.78 is 10.7. The van der Waals surface area contributed by atoms with Gasteiger partial charge in [0.25, 0.3) is 5.89 Å². The monoisotopic (exact) mass is 192 g/mol. The molecule has 0 amide bonds. The van der Waals surface area contributed by atoms with E-state index in [2.05, 4.69) is 10.3 Å². The predicted octanol–water partition coefficient (Wildman–Crippen LogP) is 2.21. The number of oxazole rings is 1. The molecule has 0 aliphatic rings. The number of nitrogens with zero attached hydrogens (tertiary/aromatic N) is 1. The van der Waals surface area contributed by atoms with Gasteiger partial charge in [0.1, 0.15) is 5.76 Å². The SMILES string of the molecule is CNC(C)c1cnc(-c2ccco2)o1. The molecule has 0 saturated heterocycles. The standard InChI is InChI=1S/C10H12N2O2/c1-7(11-2)9-6-12-10(14-9)8-4-3-5-13-8/h3-7,11H,1-2H3. The van der Waals surface area contributed by atoms with Crippen LogP contribution < -0.4 is 5.32 Å². The van der Waals surface area contributed by atoms with Gasteiger partial charge in [0, 0.05) is 0 Å². The van der Waals surface area contributed by atoms with Crippen molar-refractivity contribution >= 4 is 0 Å². The first-order chi connectivity index (χ1) is 6.81. The summed E-state index contributed by atoms with van der Waals surface area (Å²) in [6, 6.07) is 3.78. The van der Waals surface area contributed by atoms with Gasteiger partial charge in [-0.2, -0.15) is 0 Å². The van der Waals surface area contributed by atoms with Crippen LogP contribution in [0.15, 0.2) is 33.4 Å². The van der Waals surface area contributed by atoms with Crippen molar-refractivity contribution in [2.75, 3.05) is 7.05 Å². The van der Waals surface area contributed by atoms with E-state index in [4.69, 9.17) is 8.83 Å². The molecular formula is C10H12N2O2. The minimum atomic E-state index is 0.159. The Morgan fingerprint density at radius 1 is 1.50 bits per heavy atom. The number of nitrogens with one attached hydrogen (secondary N) is 1. The fourth-order valence-electron chi connectivity index (χ4n) is 1.14. The third-order valence-corrected chi connectivity index (χ3v) is 2.12. The predicted molar refractivity (Wildman–Crippen MR) is 51.7 cm³/mol. The van der Waals surface area contributed by atoms with Crippen LogP contribution in [0.4, 0.5) is 0 Å². The largest absolute Gasteiger partial charge is 0.459 e. The minimum absolute atomic E-state index is 0.159. The second-order valence-electron chi connectivity index (χ2n) is 3.06. The summed E-state index contributed by atoms with van der Waals surface area (Å²) in [7, 11) is 1.87. The molecule has 2 aromatic heterocycles. The van der Waals surface area contributed by atoms with Crippen molar-refractivity contribution in [3.8, 4) is 11.7 Å². The molecule has 0 spiro atoms. The molecule has 0 radical (unpaired) electrons. The van der Waals surface area contributed by atoms with Gasteiger partial charge in [-0.05, 0) is 26.1 Å². The molecular weight excluding hydrogens is 180 g/mol. The molecule has 4 nitrogen and oxygen atoms in total. The quantitative estimate of drug-likeness (QED) is 0.810. The van der Waals surface area contributed by atoms with Gasteiger partial charge < -0.3 is 14.2 Å². The zero-order valence-electron chi connectivity index (χ0n) is 8.15. The lowest BCUT2D eigenvalue weighted by atomic mass is 10.3. The average Bonchev–Trinajstić information content (AvgIpc) is 2.86. The number of rotatable bonds is 3. The number of hydrogen-bond donors (Lipinski definition) is 1. The summed E-state index contributed by atoms with van der Waals surface area (Å²) in [6.45, 7) is 2.01. The summed E-state index contributed by atoms with van der Waals surface area (Å²) >= 11 is 0. The first-order valence-corrected chi connectivity index (χ1v) is 4.48. The molecule has 1 unspecified atom stereocenters. The van der Waals surface area contributed by atoms with Gasteiger partial charge in [0.05, 0.1) is 18.5 Å². The highest BCUT2D eigenvalue weighted by molar-refractivity contribution is 5.43. The van der Waals surface area contributed by atoms with Crippen LogP contribution in [-0.2, 0) is 0 Å². The first-order valence-electron chi connectivity index (χ1n) is 4.48. The van der Waals surface area contributed by atoms with Crippen LogP contribution in [0, 0.1) is 0 Å². The van der Waals surface area contributed by atoms with Crippen molar-refractivity contribution in [1.82, 2.24) is 10.3 Å². The normalized spacial score (nSPS) is 13.0. The second-order valence-corrected chi connectivity index (χ2v) is 3.06. The summed E-state index contributed by atoms with van der Waals surface area (Å²) in [5.74, 6) is 1.98. The molecule has 1 atom stereocenters. The molecule has 0 bridgehead atoms. The van der Waals surface area contributed by atoms with Crippen molar-refractivity contribution in [3.05, 3.63) is 30.4 Å². The Hall–Kier alpha value is -1.55. The Kier molecular flexibility index (Phi) is 2.37. The first kappa shape index (κ1) is 9.02. The van der Waals surface area contributed by atoms with Crippen LogP contribution in [-0.4, -0.2) is 12.0 Å². The van der Waals surface area contributed by atoms with Crippen LogP contribution >= 0.6 is 0 Å². The molecule has 2 heterocycles. The summed E-state index contributed by atoms with van der Waals surface area (Å²) in [6.07, 6.45) is 3.31. The highest BCUT2D eigenvalue weighted by Gasteiger charge is 2.12. The van der Waals surface area contributed by atoms with E-state index in [1.54, 1.807) is 18.5 Å². The smallest absolute Gasteiger partial charge is 0.263 e. The topological polar surface area (TPSA) is 51.2 Å². The van der Waals surface area contributed by atoms with Crippen molar-refractivity contribution < 1.29 is 8.83 Å². The fourth-order valence-corrected chi connectivity index (χ4v) is 1.14. The molecule has 4 heteroatoms. The lowest BCUT2D eigenvalue weighted by molar-refractivity contribution is 0.442. The van der Waals surface area contributed by atoms with Gasteiger partial charge >= 0.3 is 0 Å². The van der Waals surface area contributed by atoms with Crippen LogP contribution in [0.5, 0.6) is 0 Å². The van der Waals surface area contributed by atoms with Crippen LogP contribution in [0.1, 0.15) is 18.7 Å². The van der Waals surface area contributed by atoms with Crippen molar-refractivity contribution in [2.45, 2.75) is 13.0 Å². The van der Waals surface area contributed by atoms with Crippen LogP contribution in [0.3, 0.4) is 0 Å². The zero-order valence-corrected chi connectivity index (χ0v) is 8.15. The zero-order chi connectivity index (χ0) is 9.97. The maximum Gasteiger partial charge on any atom is 0.263 e. The molecule has 14 heavy (non-hydrogen) atoms. The van der Waals surface area contributed by atoms with Crippen LogP contribution in [0.2, 0.25) is 0 Å². The van der Waals surface area contributed by atoms with E-state index in [1.807, 2.05) is 20.0 Å². The van der Waals surface area contributed by atoms with E-state index < -0.39 is 0 Å². The highest BCUT2D eigenvalue weighted by atomic mass is 16.4. The summed E-state index contributed by atoms with van der Waals surface area (Å²) in [5.41, 5.74) is 0. The molecule has 74 valence electrons. The fraction of sp³-hybridized carbons (Fsp3) is 0.300. The van der Waals surface area contributed by atoms with Crippen molar-refractivity contribution in [3.63, 3.8) is 0 Å². The van der Waals surface area contributed by atoms with E-state index >= 15 is 0 Å². The molecule has 2 aromatic rings. The molecule has 2 rings (SSSR count). The average molecular weight is 192 g/mol. The van der Waals surface area contributed by atoms with E-state index in [9.17, 15) is 0 Å². The third-order valence-electron chi connectivity index (χ3n) is 2.12. The Morgan fingerprint density at radius 2 is 2.36 bits per heavy atom. The number of aromatic nitrogens is 1. The minimum Gasteiger partial charge on any atom is -0.459 e. The van der Waals surface area contributed by atoms with E-state index in [-0.39, 0.29) is 6.04 Å². The highest BCUT2D eigenvalue weighted by Crippen LogP contribution is 2.22. The van der Waals surface area contributed by atoms with Crippen molar-refractivity contribution in [2.24, 2.45) is 0 Å². The summed E-state index contributed by atoms with van der Waals surface area (Å²) in [4.78, 5) is 4.13. The molecule has 0 aliphatic heterocycles. The van der Waals surface area contributed by atoms with Gasteiger partial charge in [-0.3, -0.25) is 0 Å². The van der Waals surface area contributed by atoms with Crippen LogP contribution in [0.25, 0.3) is 11.7 Å². The van der Waals surface area contributed by atoms with E-state index in [0.29, 0.717) is 11.7 Å². The van der Waals surface area contributed by atoms with E-state index in [0.717, 1.165) is 5.76 Å². The maximum atomic E-state index is 5.51. The lowest BCUT2D eigenvalue weighted by Crippen LogP contribution is -2.11. The van der Waals surface area contributed by atoms with Gasteiger partial charge in [-0.25, -0.2) is 4.98 Å². The Morgan fingerprint density at radius 3 is 3.00 bits per heavy atom. The maximum absolute atomic E-state index is 5.51. The van der Waals surface area contributed by atoms with Gasteiger partial charge in [-0.15, -0.1) is 0 Å².